The third kappa shape index (κ3) is 2.25. The maximum atomic E-state index is 11.8. The van der Waals surface area contributed by atoms with E-state index in [4.69, 9.17) is 0 Å². The van der Waals surface area contributed by atoms with Gasteiger partial charge in [-0.3, -0.25) is 4.79 Å². The predicted octanol–water partition coefficient (Wildman–Crippen LogP) is 3.89. The van der Waals surface area contributed by atoms with Gasteiger partial charge in [0.25, 0.3) is 0 Å². The van der Waals surface area contributed by atoms with Crippen LogP contribution in [0.5, 0.6) is 0 Å². The molecule has 16 heavy (non-hydrogen) atoms. The van der Waals surface area contributed by atoms with Gasteiger partial charge in [-0.05, 0) is 35.0 Å². The van der Waals surface area contributed by atoms with Crippen LogP contribution < -0.4 is 5.32 Å². The van der Waals surface area contributed by atoms with Gasteiger partial charge in [-0.1, -0.05) is 20.8 Å². The Labute approximate surface area is 99.3 Å². The van der Waals surface area contributed by atoms with Gasteiger partial charge in [0.15, 0.2) is 0 Å². The summed E-state index contributed by atoms with van der Waals surface area (Å²) in [6, 6.07) is 8.06. The first-order valence-corrected chi connectivity index (χ1v) is 6.13. The van der Waals surface area contributed by atoms with E-state index >= 15 is 0 Å². The third-order valence-electron chi connectivity index (χ3n) is 2.39. The van der Waals surface area contributed by atoms with Crippen LogP contribution in [0.4, 0.5) is 5.69 Å². The second-order valence-corrected chi connectivity index (χ2v) is 5.83. The number of carbonyl (C=O) groups is 1. The summed E-state index contributed by atoms with van der Waals surface area (Å²) in [5.74, 6) is 0.0436. The maximum Gasteiger partial charge on any atom is 0.229 e. The van der Waals surface area contributed by atoms with Crippen molar-refractivity contribution in [2.45, 2.75) is 20.8 Å². The van der Waals surface area contributed by atoms with Crippen molar-refractivity contribution in [2.75, 3.05) is 5.32 Å². The smallest absolute Gasteiger partial charge is 0.229 e. The van der Waals surface area contributed by atoms with E-state index in [2.05, 4.69) is 16.8 Å². The zero-order chi connectivity index (χ0) is 11.8. The molecule has 1 amide bonds. The molecule has 0 saturated carbocycles. The molecule has 0 atom stereocenters. The van der Waals surface area contributed by atoms with Crippen molar-refractivity contribution < 1.29 is 4.79 Å². The van der Waals surface area contributed by atoms with Crippen LogP contribution >= 0.6 is 11.3 Å². The highest BCUT2D eigenvalue weighted by Gasteiger charge is 2.21. The number of hydrogen-bond donors (Lipinski definition) is 1. The summed E-state index contributed by atoms with van der Waals surface area (Å²) in [5.41, 5.74) is 0.509. The normalized spacial score (nSPS) is 11.7. The fourth-order valence-electron chi connectivity index (χ4n) is 1.36. The van der Waals surface area contributed by atoms with Crippen LogP contribution in [-0.2, 0) is 4.79 Å². The molecular weight excluding hydrogens is 218 g/mol. The third-order valence-corrected chi connectivity index (χ3v) is 3.29. The highest BCUT2D eigenvalue weighted by atomic mass is 32.1. The molecule has 0 saturated heterocycles. The minimum absolute atomic E-state index is 0.0436. The van der Waals surface area contributed by atoms with Crippen LogP contribution in [0.25, 0.3) is 10.1 Å². The molecule has 0 aliphatic rings. The summed E-state index contributed by atoms with van der Waals surface area (Å²) in [7, 11) is 0. The van der Waals surface area contributed by atoms with E-state index < -0.39 is 0 Å². The molecule has 0 unspecified atom stereocenters. The fourth-order valence-corrected chi connectivity index (χ4v) is 2.13. The predicted molar refractivity (Wildman–Crippen MR) is 69.9 cm³/mol. The molecule has 0 aliphatic carbocycles. The number of carbonyl (C=O) groups excluding carboxylic acids is 1. The van der Waals surface area contributed by atoms with E-state index in [1.165, 1.54) is 10.1 Å². The average Bonchev–Trinajstić information content (AvgIpc) is 2.63. The summed E-state index contributed by atoms with van der Waals surface area (Å²) in [6.45, 7) is 5.72. The molecule has 84 valence electrons. The van der Waals surface area contributed by atoms with E-state index in [0.717, 1.165) is 5.69 Å². The SMILES string of the molecule is CC(C)(C)C(=O)Nc1ccc2sccc2c1. The van der Waals surface area contributed by atoms with Gasteiger partial charge in [-0.15, -0.1) is 11.3 Å². The highest BCUT2D eigenvalue weighted by Crippen LogP contribution is 2.25. The Morgan fingerprint density at radius 2 is 2.00 bits per heavy atom. The summed E-state index contributed by atoms with van der Waals surface area (Å²) >= 11 is 1.71. The number of amides is 1. The van der Waals surface area contributed by atoms with Gasteiger partial charge in [-0.25, -0.2) is 0 Å². The molecule has 0 fully saturated rings. The van der Waals surface area contributed by atoms with E-state index in [1.54, 1.807) is 11.3 Å². The molecule has 2 rings (SSSR count). The van der Waals surface area contributed by atoms with Crippen LogP contribution in [0.2, 0.25) is 0 Å². The van der Waals surface area contributed by atoms with Crippen molar-refractivity contribution >= 4 is 33.0 Å². The van der Waals surface area contributed by atoms with Crippen LogP contribution in [0, 0.1) is 5.41 Å². The molecule has 0 radical (unpaired) electrons. The molecule has 1 aromatic heterocycles. The van der Waals surface area contributed by atoms with Crippen LogP contribution in [0.3, 0.4) is 0 Å². The molecule has 0 bridgehead atoms. The lowest BCUT2D eigenvalue weighted by Gasteiger charge is -2.17. The molecule has 1 heterocycles. The standard InChI is InChI=1S/C13H15NOS/c1-13(2,3)12(15)14-10-4-5-11-9(8-10)6-7-16-11/h4-8H,1-3H3,(H,14,15). The van der Waals surface area contributed by atoms with Crippen molar-refractivity contribution in [3.8, 4) is 0 Å². The van der Waals surface area contributed by atoms with Gasteiger partial charge in [0, 0.05) is 15.8 Å². The number of hydrogen-bond acceptors (Lipinski definition) is 2. The van der Waals surface area contributed by atoms with Gasteiger partial charge in [0.05, 0.1) is 0 Å². The highest BCUT2D eigenvalue weighted by molar-refractivity contribution is 7.17. The Morgan fingerprint density at radius 1 is 1.25 bits per heavy atom. The number of rotatable bonds is 1. The van der Waals surface area contributed by atoms with E-state index in [9.17, 15) is 4.79 Å². The Bertz CT molecular complexity index is 522. The number of nitrogens with one attached hydrogen (secondary N) is 1. The fraction of sp³-hybridized carbons (Fsp3) is 0.308. The summed E-state index contributed by atoms with van der Waals surface area (Å²) < 4.78 is 1.24. The van der Waals surface area contributed by atoms with Crippen LogP contribution in [0.15, 0.2) is 29.6 Å². The lowest BCUT2D eigenvalue weighted by Crippen LogP contribution is -2.27. The molecule has 1 N–H and O–H groups in total. The molecular formula is C13H15NOS. The monoisotopic (exact) mass is 233 g/mol. The van der Waals surface area contributed by atoms with E-state index in [0.29, 0.717) is 0 Å². The Hall–Kier alpha value is -1.35. The van der Waals surface area contributed by atoms with Crippen molar-refractivity contribution in [2.24, 2.45) is 5.41 Å². The molecule has 2 aromatic rings. The first kappa shape index (κ1) is 11.1. The van der Waals surface area contributed by atoms with Gasteiger partial charge in [0.2, 0.25) is 5.91 Å². The number of anilines is 1. The molecule has 2 nitrogen and oxygen atoms in total. The zero-order valence-corrected chi connectivity index (χ0v) is 10.5. The van der Waals surface area contributed by atoms with E-state index in [1.807, 2.05) is 39.0 Å². The van der Waals surface area contributed by atoms with Gasteiger partial charge in [-0.2, -0.15) is 0 Å². The molecule has 3 heteroatoms. The van der Waals surface area contributed by atoms with Gasteiger partial charge < -0.3 is 5.32 Å². The van der Waals surface area contributed by atoms with Crippen LogP contribution in [-0.4, -0.2) is 5.91 Å². The largest absolute Gasteiger partial charge is 0.326 e. The lowest BCUT2D eigenvalue weighted by molar-refractivity contribution is -0.123. The first-order valence-electron chi connectivity index (χ1n) is 5.25. The zero-order valence-electron chi connectivity index (χ0n) is 9.70. The quantitative estimate of drug-likeness (QED) is 0.795. The minimum atomic E-state index is -0.358. The van der Waals surface area contributed by atoms with Gasteiger partial charge in [0.1, 0.15) is 0 Å². The lowest BCUT2D eigenvalue weighted by atomic mass is 9.95. The van der Waals surface area contributed by atoms with Crippen molar-refractivity contribution in [1.82, 2.24) is 0 Å². The second kappa shape index (κ2) is 3.91. The van der Waals surface area contributed by atoms with Crippen molar-refractivity contribution in [1.29, 1.82) is 0 Å². The van der Waals surface area contributed by atoms with Gasteiger partial charge >= 0.3 is 0 Å². The second-order valence-electron chi connectivity index (χ2n) is 4.88. The van der Waals surface area contributed by atoms with Crippen LogP contribution in [0.1, 0.15) is 20.8 Å². The van der Waals surface area contributed by atoms with E-state index in [-0.39, 0.29) is 11.3 Å². The Kier molecular flexibility index (Phi) is 2.72. The number of fused-ring (bicyclic) bond motifs is 1. The average molecular weight is 233 g/mol. The Morgan fingerprint density at radius 3 is 2.69 bits per heavy atom. The summed E-state index contributed by atoms with van der Waals surface area (Å²) in [4.78, 5) is 11.8. The molecule has 0 spiro atoms. The number of benzene rings is 1. The number of thiophene rings is 1. The maximum absolute atomic E-state index is 11.8. The Balaban J connectivity index is 2.24. The summed E-state index contributed by atoms with van der Waals surface area (Å²) in [5, 5.41) is 6.16. The topological polar surface area (TPSA) is 29.1 Å². The summed E-state index contributed by atoms with van der Waals surface area (Å²) in [6.07, 6.45) is 0. The first-order chi connectivity index (χ1) is 7.47. The van der Waals surface area contributed by atoms with Crippen molar-refractivity contribution in [3.05, 3.63) is 29.6 Å². The minimum Gasteiger partial charge on any atom is -0.326 e. The molecule has 0 aliphatic heterocycles. The molecule has 1 aromatic carbocycles. The van der Waals surface area contributed by atoms with Crippen molar-refractivity contribution in [3.63, 3.8) is 0 Å².